The van der Waals surface area contributed by atoms with Gasteiger partial charge in [0.05, 0.1) is 0 Å². The van der Waals surface area contributed by atoms with Gasteiger partial charge in [-0.05, 0) is 36.9 Å². The Morgan fingerprint density at radius 3 is 2.75 bits per heavy atom. The van der Waals surface area contributed by atoms with Gasteiger partial charge in [0.1, 0.15) is 18.2 Å². The Morgan fingerprint density at radius 1 is 1.15 bits per heavy atom. The Kier molecular flexibility index (Phi) is 4.08. The van der Waals surface area contributed by atoms with E-state index < -0.39 is 0 Å². The summed E-state index contributed by atoms with van der Waals surface area (Å²) in [6.07, 6.45) is 1.90. The van der Waals surface area contributed by atoms with Crippen molar-refractivity contribution in [2.75, 3.05) is 20.3 Å². The summed E-state index contributed by atoms with van der Waals surface area (Å²) in [5, 5.41) is 4.08. The molecule has 2 aromatic rings. The zero-order valence-electron chi connectivity index (χ0n) is 11.3. The molecule has 0 aliphatic carbocycles. The molecule has 0 unspecified atom stereocenters. The number of nitrogens with one attached hydrogen (secondary N) is 1. The van der Waals surface area contributed by atoms with Crippen molar-refractivity contribution < 1.29 is 9.47 Å². The first-order chi connectivity index (χ1) is 9.85. The quantitative estimate of drug-likeness (QED) is 0.937. The van der Waals surface area contributed by atoms with Crippen LogP contribution in [0.15, 0.2) is 46.5 Å². The van der Waals surface area contributed by atoms with Gasteiger partial charge >= 0.3 is 0 Å². The maximum absolute atomic E-state index is 5.59. The van der Waals surface area contributed by atoms with Crippen LogP contribution < -0.4 is 14.8 Å². The lowest BCUT2D eigenvalue weighted by Crippen LogP contribution is -2.15. The highest BCUT2D eigenvalue weighted by molar-refractivity contribution is 7.99. The van der Waals surface area contributed by atoms with Crippen LogP contribution in [0.25, 0.3) is 0 Å². The van der Waals surface area contributed by atoms with Crippen molar-refractivity contribution in [2.24, 2.45) is 0 Å². The Balaban J connectivity index is 1.73. The molecule has 20 heavy (non-hydrogen) atoms. The summed E-state index contributed by atoms with van der Waals surface area (Å²) in [4.78, 5) is 5.56. The molecule has 0 bridgehead atoms. The van der Waals surface area contributed by atoms with E-state index in [0.29, 0.717) is 13.2 Å². The second-order valence-electron chi connectivity index (χ2n) is 4.44. The Morgan fingerprint density at radius 2 is 2.00 bits per heavy atom. The van der Waals surface area contributed by atoms with Crippen molar-refractivity contribution >= 4 is 11.8 Å². The minimum absolute atomic E-state index is 0.609. The maximum atomic E-state index is 5.59. The van der Waals surface area contributed by atoms with E-state index in [1.807, 2.05) is 37.5 Å². The second kappa shape index (κ2) is 6.15. The molecule has 0 saturated carbocycles. The number of nitrogens with zero attached hydrogens (tertiary/aromatic N) is 1. The van der Waals surface area contributed by atoms with Crippen LogP contribution in [-0.2, 0) is 6.54 Å². The van der Waals surface area contributed by atoms with Crippen LogP contribution in [0.1, 0.15) is 5.56 Å². The lowest BCUT2D eigenvalue weighted by Gasteiger charge is -2.18. The molecule has 1 N–H and O–H groups in total. The second-order valence-corrected chi connectivity index (χ2v) is 5.54. The summed E-state index contributed by atoms with van der Waals surface area (Å²) in [5.74, 6) is 1.63. The topological polar surface area (TPSA) is 43.4 Å². The van der Waals surface area contributed by atoms with Gasteiger partial charge in [0.2, 0.25) is 0 Å². The van der Waals surface area contributed by atoms with Gasteiger partial charge < -0.3 is 14.8 Å². The van der Waals surface area contributed by atoms with Gasteiger partial charge in [-0.15, -0.1) is 0 Å². The molecule has 1 aromatic heterocycles. The molecule has 104 valence electrons. The summed E-state index contributed by atoms with van der Waals surface area (Å²) < 4.78 is 11.1. The lowest BCUT2D eigenvalue weighted by atomic mass is 10.3. The first kappa shape index (κ1) is 13.3. The Hall–Kier alpha value is -1.72. The van der Waals surface area contributed by atoms with Crippen molar-refractivity contribution in [1.29, 1.82) is 0 Å². The summed E-state index contributed by atoms with van der Waals surface area (Å²) >= 11 is 1.62. The fourth-order valence-electron chi connectivity index (χ4n) is 1.99. The number of benzene rings is 1. The molecular weight excluding hydrogens is 272 g/mol. The highest BCUT2D eigenvalue weighted by atomic mass is 32.2. The number of rotatable bonds is 4. The van der Waals surface area contributed by atoms with Crippen LogP contribution in [0.4, 0.5) is 0 Å². The Bertz CT molecular complexity index is 587. The van der Waals surface area contributed by atoms with Crippen molar-refractivity contribution in [1.82, 2.24) is 10.3 Å². The van der Waals surface area contributed by atoms with Crippen molar-refractivity contribution in [2.45, 2.75) is 16.5 Å². The molecule has 1 aliphatic heterocycles. The summed E-state index contributed by atoms with van der Waals surface area (Å²) in [6.45, 7) is 2.06. The van der Waals surface area contributed by atoms with Crippen molar-refractivity contribution in [3.05, 3.63) is 42.1 Å². The zero-order valence-corrected chi connectivity index (χ0v) is 12.1. The third kappa shape index (κ3) is 3.05. The van der Waals surface area contributed by atoms with E-state index in [0.717, 1.165) is 28.0 Å². The number of aromatic nitrogens is 1. The molecule has 0 amide bonds. The fraction of sp³-hybridized carbons (Fsp3) is 0.267. The first-order valence-electron chi connectivity index (χ1n) is 6.52. The number of pyridine rings is 1. The van der Waals surface area contributed by atoms with Gasteiger partial charge in [0.25, 0.3) is 0 Å². The predicted octanol–water partition coefficient (Wildman–Crippen LogP) is 2.72. The highest BCUT2D eigenvalue weighted by Crippen LogP contribution is 2.36. The summed E-state index contributed by atoms with van der Waals surface area (Å²) in [7, 11) is 1.93. The molecule has 4 nitrogen and oxygen atoms in total. The molecule has 0 spiro atoms. The average molecular weight is 288 g/mol. The number of ether oxygens (including phenoxy) is 2. The summed E-state index contributed by atoms with van der Waals surface area (Å²) in [6, 6.07) is 10.1. The van der Waals surface area contributed by atoms with E-state index in [1.165, 1.54) is 5.56 Å². The molecule has 0 fully saturated rings. The lowest BCUT2D eigenvalue weighted by molar-refractivity contribution is 0.171. The smallest absolute Gasteiger partial charge is 0.162 e. The predicted molar refractivity (Wildman–Crippen MR) is 78.6 cm³/mol. The van der Waals surface area contributed by atoms with Gasteiger partial charge in [-0.2, -0.15) is 0 Å². The monoisotopic (exact) mass is 288 g/mol. The van der Waals surface area contributed by atoms with Gasteiger partial charge in [0.15, 0.2) is 11.5 Å². The average Bonchev–Trinajstić information content (AvgIpc) is 2.49. The molecule has 0 saturated heterocycles. The fourth-order valence-corrected chi connectivity index (χ4v) is 2.77. The van der Waals surface area contributed by atoms with E-state index in [1.54, 1.807) is 11.8 Å². The van der Waals surface area contributed by atoms with Crippen LogP contribution in [0, 0.1) is 0 Å². The van der Waals surface area contributed by atoms with Gasteiger partial charge in [-0.1, -0.05) is 17.8 Å². The first-order valence-corrected chi connectivity index (χ1v) is 7.34. The van der Waals surface area contributed by atoms with Crippen LogP contribution >= 0.6 is 11.8 Å². The van der Waals surface area contributed by atoms with E-state index in [-0.39, 0.29) is 0 Å². The third-order valence-corrected chi connectivity index (χ3v) is 3.85. The van der Waals surface area contributed by atoms with Crippen molar-refractivity contribution in [3.63, 3.8) is 0 Å². The molecule has 0 atom stereocenters. The zero-order chi connectivity index (χ0) is 13.8. The van der Waals surface area contributed by atoms with Crippen LogP contribution in [0.3, 0.4) is 0 Å². The SMILES string of the molecule is CNCc1ccc(Sc2ccc3c(c2)OCCO3)nc1. The van der Waals surface area contributed by atoms with Gasteiger partial charge in [-0.25, -0.2) is 4.98 Å². The van der Waals surface area contributed by atoms with E-state index in [4.69, 9.17) is 9.47 Å². The molecule has 5 heteroatoms. The molecular formula is C15H16N2O2S. The number of hydrogen-bond donors (Lipinski definition) is 1. The van der Waals surface area contributed by atoms with Crippen LogP contribution in [0.5, 0.6) is 11.5 Å². The number of hydrogen-bond acceptors (Lipinski definition) is 5. The van der Waals surface area contributed by atoms with Crippen LogP contribution in [0.2, 0.25) is 0 Å². The molecule has 3 rings (SSSR count). The van der Waals surface area contributed by atoms with E-state index in [2.05, 4.69) is 16.4 Å². The Labute approximate surface area is 122 Å². The van der Waals surface area contributed by atoms with Gasteiger partial charge in [-0.3, -0.25) is 0 Å². The van der Waals surface area contributed by atoms with Gasteiger partial charge in [0, 0.05) is 17.6 Å². The minimum atomic E-state index is 0.609. The highest BCUT2D eigenvalue weighted by Gasteiger charge is 2.12. The number of fused-ring (bicyclic) bond motifs is 1. The molecule has 1 aliphatic rings. The van der Waals surface area contributed by atoms with E-state index >= 15 is 0 Å². The standard InChI is InChI=1S/C15H16N2O2S/c1-16-9-11-2-5-15(17-10-11)20-12-3-4-13-14(8-12)19-7-6-18-13/h2-5,8,10,16H,6-7,9H2,1H3. The molecule has 0 radical (unpaired) electrons. The van der Waals surface area contributed by atoms with Crippen LogP contribution in [-0.4, -0.2) is 25.2 Å². The third-order valence-electron chi connectivity index (χ3n) is 2.91. The van der Waals surface area contributed by atoms with Crippen molar-refractivity contribution in [3.8, 4) is 11.5 Å². The molecule has 2 heterocycles. The maximum Gasteiger partial charge on any atom is 0.162 e. The largest absolute Gasteiger partial charge is 0.486 e. The summed E-state index contributed by atoms with van der Waals surface area (Å²) in [5.41, 5.74) is 1.18. The van der Waals surface area contributed by atoms with E-state index in [9.17, 15) is 0 Å². The molecule has 1 aromatic carbocycles. The minimum Gasteiger partial charge on any atom is -0.486 e. The normalized spacial score (nSPS) is 13.2.